The summed E-state index contributed by atoms with van der Waals surface area (Å²) in [7, 11) is 1.60. The zero-order chi connectivity index (χ0) is 11.1. The lowest BCUT2D eigenvalue weighted by Crippen LogP contribution is -2.26. The van der Waals surface area contributed by atoms with Gasteiger partial charge in [-0.1, -0.05) is 12.1 Å². The third kappa shape index (κ3) is 3.93. The molecule has 82 valence electrons. The monoisotopic (exact) mass is 225 g/mol. The Balaban J connectivity index is 2.50. The van der Waals surface area contributed by atoms with E-state index in [1.165, 1.54) is 0 Å². The van der Waals surface area contributed by atoms with E-state index in [0.29, 0.717) is 24.5 Å². The molecule has 0 aliphatic rings. The average molecular weight is 225 g/mol. The van der Waals surface area contributed by atoms with Crippen molar-refractivity contribution in [3.8, 4) is 0 Å². The topological polar surface area (TPSA) is 38.3 Å². The van der Waals surface area contributed by atoms with E-state index in [-0.39, 0.29) is 5.91 Å². The normalized spacial score (nSPS) is 10.0. The molecule has 0 saturated heterocycles. The number of ether oxygens (including phenoxy) is 1. The molecule has 0 aliphatic carbocycles. The molecule has 1 rings (SSSR count). The minimum Gasteiger partial charge on any atom is -0.383 e. The smallest absolute Gasteiger partial charge is 0.251 e. The number of methoxy groups -OCH3 is 1. The fourth-order valence-electron chi connectivity index (χ4n) is 1.13. The van der Waals surface area contributed by atoms with Crippen LogP contribution in [-0.4, -0.2) is 26.2 Å². The third-order valence-corrected chi connectivity index (χ3v) is 2.36. The van der Waals surface area contributed by atoms with Crippen molar-refractivity contribution in [2.75, 3.05) is 20.3 Å². The molecule has 1 aromatic rings. The van der Waals surface area contributed by atoms with Gasteiger partial charge in [0.05, 0.1) is 6.61 Å². The highest BCUT2D eigenvalue weighted by atomic mass is 32.1. The number of amides is 1. The zero-order valence-electron chi connectivity index (χ0n) is 8.69. The maximum Gasteiger partial charge on any atom is 0.251 e. The van der Waals surface area contributed by atoms with E-state index in [1.807, 2.05) is 12.1 Å². The van der Waals surface area contributed by atoms with Crippen LogP contribution < -0.4 is 5.32 Å². The van der Waals surface area contributed by atoms with Gasteiger partial charge in [0.25, 0.3) is 5.91 Å². The van der Waals surface area contributed by atoms with Gasteiger partial charge in [-0.2, -0.15) is 12.6 Å². The Hall–Kier alpha value is -1.00. The summed E-state index contributed by atoms with van der Waals surface area (Å²) in [6.07, 6.45) is 0. The van der Waals surface area contributed by atoms with Gasteiger partial charge in [0.1, 0.15) is 0 Å². The summed E-state index contributed by atoms with van der Waals surface area (Å²) < 4.78 is 4.84. The molecule has 0 saturated carbocycles. The van der Waals surface area contributed by atoms with Gasteiger partial charge in [-0.15, -0.1) is 0 Å². The van der Waals surface area contributed by atoms with Crippen molar-refractivity contribution < 1.29 is 9.53 Å². The van der Waals surface area contributed by atoms with Crippen LogP contribution in [0.5, 0.6) is 0 Å². The molecule has 1 aromatic carbocycles. The lowest BCUT2D eigenvalue weighted by Gasteiger charge is -2.04. The van der Waals surface area contributed by atoms with E-state index in [0.717, 1.165) is 5.56 Å². The first-order valence-corrected chi connectivity index (χ1v) is 5.38. The summed E-state index contributed by atoms with van der Waals surface area (Å²) in [6, 6.07) is 7.40. The number of nitrogens with one attached hydrogen (secondary N) is 1. The van der Waals surface area contributed by atoms with Gasteiger partial charge in [0.2, 0.25) is 0 Å². The van der Waals surface area contributed by atoms with Crippen LogP contribution in [0.3, 0.4) is 0 Å². The highest BCUT2D eigenvalue weighted by Crippen LogP contribution is 2.06. The van der Waals surface area contributed by atoms with Crippen molar-refractivity contribution in [1.82, 2.24) is 5.32 Å². The zero-order valence-corrected chi connectivity index (χ0v) is 9.59. The molecule has 1 amide bonds. The van der Waals surface area contributed by atoms with Gasteiger partial charge in [-0.3, -0.25) is 4.79 Å². The van der Waals surface area contributed by atoms with E-state index in [9.17, 15) is 4.79 Å². The summed E-state index contributed by atoms with van der Waals surface area (Å²) in [4.78, 5) is 11.5. The Kier molecular flexibility index (Phi) is 5.21. The Morgan fingerprint density at radius 3 is 2.60 bits per heavy atom. The summed E-state index contributed by atoms with van der Waals surface area (Å²) in [5.74, 6) is 0.615. The van der Waals surface area contributed by atoms with E-state index in [1.54, 1.807) is 19.2 Å². The Labute approximate surface area is 95.2 Å². The second-order valence-electron chi connectivity index (χ2n) is 3.10. The predicted octanol–water partition coefficient (Wildman–Crippen LogP) is 1.49. The van der Waals surface area contributed by atoms with Crippen molar-refractivity contribution in [3.63, 3.8) is 0 Å². The fourth-order valence-corrected chi connectivity index (χ4v) is 1.34. The fraction of sp³-hybridized carbons (Fsp3) is 0.364. The first-order chi connectivity index (χ1) is 7.27. The quantitative estimate of drug-likeness (QED) is 0.588. The minimum absolute atomic E-state index is 0.0715. The standard InChI is InChI=1S/C11H15NO2S/c1-14-7-6-12-11(13)10-4-2-9(8-15)3-5-10/h2-5,15H,6-8H2,1H3,(H,12,13). The number of carbonyl (C=O) groups excluding carboxylic acids is 1. The molecule has 0 unspecified atom stereocenters. The van der Waals surface area contributed by atoms with Crippen LogP contribution in [0.1, 0.15) is 15.9 Å². The molecule has 0 radical (unpaired) electrons. The van der Waals surface area contributed by atoms with Gasteiger partial charge < -0.3 is 10.1 Å². The molecule has 0 bridgehead atoms. The van der Waals surface area contributed by atoms with Gasteiger partial charge in [-0.05, 0) is 17.7 Å². The van der Waals surface area contributed by atoms with Crippen LogP contribution >= 0.6 is 12.6 Å². The lowest BCUT2D eigenvalue weighted by atomic mass is 10.1. The predicted molar refractivity (Wildman–Crippen MR) is 63.3 cm³/mol. The summed E-state index contributed by atoms with van der Waals surface area (Å²) >= 11 is 4.15. The van der Waals surface area contributed by atoms with Crippen LogP contribution in [0.4, 0.5) is 0 Å². The SMILES string of the molecule is COCCNC(=O)c1ccc(CS)cc1. The van der Waals surface area contributed by atoms with Gasteiger partial charge in [0.15, 0.2) is 0 Å². The lowest BCUT2D eigenvalue weighted by molar-refractivity contribution is 0.0937. The van der Waals surface area contributed by atoms with E-state index in [4.69, 9.17) is 4.74 Å². The van der Waals surface area contributed by atoms with Crippen LogP contribution in [0.2, 0.25) is 0 Å². The van der Waals surface area contributed by atoms with Crippen LogP contribution in [0, 0.1) is 0 Å². The van der Waals surface area contributed by atoms with Gasteiger partial charge in [-0.25, -0.2) is 0 Å². The summed E-state index contributed by atoms with van der Waals surface area (Å²) in [6.45, 7) is 1.06. The van der Waals surface area contributed by atoms with Crippen LogP contribution in [-0.2, 0) is 10.5 Å². The first-order valence-electron chi connectivity index (χ1n) is 4.75. The van der Waals surface area contributed by atoms with Gasteiger partial charge in [0, 0.05) is 25.0 Å². The second kappa shape index (κ2) is 6.48. The molecule has 0 atom stereocenters. The summed E-state index contributed by atoms with van der Waals surface area (Å²) in [5, 5.41) is 2.75. The molecule has 0 heterocycles. The average Bonchev–Trinajstić information content (AvgIpc) is 2.29. The van der Waals surface area contributed by atoms with Crippen molar-refractivity contribution >= 4 is 18.5 Å². The van der Waals surface area contributed by atoms with Crippen LogP contribution in [0.15, 0.2) is 24.3 Å². The van der Waals surface area contributed by atoms with Crippen LogP contribution in [0.25, 0.3) is 0 Å². The van der Waals surface area contributed by atoms with E-state index >= 15 is 0 Å². The van der Waals surface area contributed by atoms with Crippen molar-refractivity contribution in [3.05, 3.63) is 35.4 Å². The molecule has 0 aromatic heterocycles. The van der Waals surface area contributed by atoms with Crippen molar-refractivity contribution in [1.29, 1.82) is 0 Å². The minimum atomic E-state index is -0.0715. The second-order valence-corrected chi connectivity index (χ2v) is 3.42. The number of hydrogen-bond donors (Lipinski definition) is 2. The Bertz CT molecular complexity index is 311. The molecule has 1 N–H and O–H groups in total. The number of hydrogen-bond acceptors (Lipinski definition) is 3. The van der Waals surface area contributed by atoms with E-state index in [2.05, 4.69) is 17.9 Å². The molecule has 0 aliphatic heterocycles. The number of rotatable bonds is 5. The van der Waals surface area contributed by atoms with E-state index < -0.39 is 0 Å². The van der Waals surface area contributed by atoms with Gasteiger partial charge >= 0.3 is 0 Å². The number of benzene rings is 1. The third-order valence-electron chi connectivity index (χ3n) is 1.99. The van der Waals surface area contributed by atoms with Crippen molar-refractivity contribution in [2.45, 2.75) is 5.75 Å². The maximum atomic E-state index is 11.5. The molecule has 3 nitrogen and oxygen atoms in total. The summed E-state index contributed by atoms with van der Waals surface area (Å²) in [5.41, 5.74) is 1.77. The largest absolute Gasteiger partial charge is 0.383 e. The molecule has 15 heavy (non-hydrogen) atoms. The first kappa shape index (κ1) is 12.1. The number of carbonyl (C=O) groups is 1. The maximum absolute atomic E-state index is 11.5. The molecule has 0 spiro atoms. The number of thiol groups is 1. The molecular weight excluding hydrogens is 210 g/mol. The molecule has 4 heteroatoms. The Morgan fingerprint density at radius 1 is 1.40 bits per heavy atom. The highest BCUT2D eigenvalue weighted by Gasteiger charge is 2.03. The molecule has 0 fully saturated rings. The highest BCUT2D eigenvalue weighted by molar-refractivity contribution is 7.79. The van der Waals surface area contributed by atoms with Crippen molar-refractivity contribution in [2.24, 2.45) is 0 Å². The molecular formula is C11H15NO2S. The Morgan fingerprint density at radius 2 is 2.07 bits per heavy atom.